The molecule has 0 spiro atoms. The molecule has 0 amide bonds. The van der Waals surface area contributed by atoms with Crippen LogP contribution in [-0.4, -0.2) is 19.2 Å². The van der Waals surface area contributed by atoms with Crippen molar-refractivity contribution in [3.8, 4) is 17.9 Å². The molecule has 1 rings (SSSR count). The smallest absolute Gasteiger partial charge is 0.459 e. The first-order valence-corrected chi connectivity index (χ1v) is 5.58. The Morgan fingerprint density at radius 3 is 1.91 bits per heavy atom. The summed E-state index contributed by atoms with van der Waals surface area (Å²) in [7, 11) is 1.34. The van der Waals surface area contributed by atoms with E-state index in [1.807, 2.05) is 0 Å². The number of allylic oxidation sites excluding steroid dienone is 2. The molecular formula is C13H8F5N3O. The van der Waals surface area contributed by atoms with Gasteiger partial charge in [-0.25, -0.2) is 0 Å². The van der Waals surface area contributed by atoms with Gasteiger partial charge in [-0.15, -0.1) is 0 Å². The molecule has 0 radical (unpaired) electrons. The first kappa shape index (κ1) is 17.2. The summed E-state index contributed by atoms with van der Waals surface area (Å²) in [6.07, 6.45) is -5.96. The van der Waals surface area contributed by atoms with Gasteiger partial charge in [-0.2, -0.15) is 32.5 Å². The van der Waals surface area contributed by atoms with Crippen molar-refractivity contribution in [2.24, 2.45) is 0 Å². The second kappa shape index (κ2) is 6.31. The van der Waals surface area contributed by atoms with E-state index in [0.29, 0.717) is 5.75 Å². The Labute approximate surface area is 122 Å². The third-order valence-electron chi connectivity index (χ3n) is 2.50. The van der Waals surface area contributed by atoms with E-state index in [0.717, 1.165) is 24.3 Å². The van der Waals surface area contributed by atoms with Crippen molar-refractivity contribution in [2.45, 2.75) is 12.1 Å². The van der Waals surface area contributed by atoms with Gasteiger partial charge in [-0.05, 0) is 24.3 Å². The number of nitrogens with one attached hydrogen (secondary N) is 1. The van der Waals surface area contributed by atoms with E-state index < -0.39 is 23.4 Å². The van der Waals surface area contributed by atoms with Crippen LogP contribution in [0.25, 0.3) is 0 Å². The maximum Gasteiger partial charge on any atom is 0.459 e. The number of halogens is 5. The molecule has 0 heterocycles. The van der Waals surface area contributed by atoms with Crippen molar-refractivity contribution in [2.75, 3.05) is 12.4 Å². The topological polar surface area (TPSA) is 68.8 Å². The number of anilines is 1. The Kier molecular flexibility index (Phi) is 4.94. The van der Waals surface area contributed by atoms with Crippen molar-refractivity contribution in [3.63, 3.8) is 0 Å². The van der Waals surface area contributed by atoms with Gasteiger partial charge < -0.3 is 10.1 Å². The lowest BCUT2D eigenvalue weighted by Crippen LogP contribution is -2.41. The third-order valence-corrected chi connectivity index (χ3v) is 2.50. The highest BCUT2D eigenvalue weighted by Gasteiger charge is 2.61. The minimum atomic E-state index is -5.96. The molecule has 0 saturated carbocycles. The van der Waals surface area contributed by atoms with Crippen molar-refractivity contribution >= 4 is 5.69 Å². The number of methoxy groups -OCH3 is 1. The molecule has 1 N–H and O–H groups in total. The highest BCUT2D eigenvalue weighted by Crippen LogP contribution is 2.42. The van der Waals surface area contributed by atoms with E-state index in [2.05, 4.69) is 0 Å². The maximum absolute atomic E-state index is 13.5. The lowest BCUT2D eigenvalue weighted by Gasteiger charge is -2.23. The van der Waals surface area contributed by atoms with Crippen molar-refractivity contribution < 1.29 is 26.7 Å². The number of alkyl halides is 5. The quantitative estimate of drug-likeness (QED) is 0.680. The summed E-state index contributed by atoms with van der Waals surface area (Å²) in [5.74, 6) is -5.03. The van der Waals surface area contributed by atoms with Gasteiger partial charge in [0.1, 0.15) is 23.6 Å². The molecule has 9 heteroatoms. The zero-order valence-corrected chi connectivity index (χ0v) is 11.0. The second-order valence-corrected chi connectivity index (χ2v) is 3.90. The van der Waals surface area contributed by atoms with Crippen LogP contribution >= 0.6 is 0 Å². The summed E-state index contributed by atoms with van der Waals surface area (Å²) < 4.78 is 69.2. The molecule has 0 saturated heterocycles. The Balaban J connectivity index is 3.33. The molecule has 22 heavy (non-hydrogen) atoms. The van der Waals surface area contributed by atoms with E-state index in [9.17, 15) is 22.0 Å². The van der Waals surface area contributed by atoms with E-state index in [1.165, 1.54) is 19.2 Å². The molecule has 0 bridgehead atoms. The fourth-order valence-corrected chi connectivity index (χ4v) is 1.40. The van der Waals surface area contributed by atoms with E-state index in [4.69, 9.17) is 15.3 Å². The Bertz CT molecular complexity index is 634. The van der Waals surface area contributed by atoms with E-state index in [1.54, 1.807) is 5.32 Å². The van der Waals surface area contributed by atoms with Gasteiger partial charge in [-0.3, -0.25) is 0 Å². The summed E-state index contributed by atoms with van der Waals surface area (Å²) in [6, 6.07) is 7.00. The molecular weight excluding hydrogens is 309 g/mol. The van der Waals surface area contributed by atoms with Crippen molar-refractivity contribution in [1.82, 2.24) is 0 Å². The lowest BCUT2D eigenvalue weighted by molar-refractivity contribution is -0.263. The molecule has 0 aliphatic carbocycles. The normalized spacial score (nSPS) is 11.1. The second-order valence-electron chi connectivity index (χ2n) is 3.90. The lowest BCUT2D eigenvalue weighted by atomic mass is 10.1. The SMILES string of the molecule is COc1ccc(NC(=C(C#N)C#N)C(F)(F)C(F)(F)F)cc1. The average molecular weight is 317 g/mol. The van der Waals surface area contributed by atoms with Crippen LogP contribution in [0.15, 0.2) is 35.5 Å². The van der Waals surface area contributed by atoms with Crippen LogP contribution in [0.2, 0.25) is 0 Å². The van der Waals surface area contributed by atoms with E-state index in [-0.39, 0.29) is 5.69 Å². The van der Waals surface area contributed by atoms with Crippen LogP contribution in [-0.2, 0) is 0 Å². The van der Waals surface area contributed by atoms with Crippen molar-refractivity contribution in [1.29, 1.82) is 10.5 Å². The molecule has 1 aromatic rings. The molecule has 1 aromatic carbocycles. The van der Waals surface area contributed by atoms with Crippen LogP contribution in [0.1, 0.15) is 0 Å². The first-order chi connectivity index (χ1) is 10.2. The number of hydrogen-bond donors (Lipinski definition) is 1. The van der Waals surface area contributed by atoms with E-state index >= 15 is 0 Å². The summed E-state index contributed by atoms with van der Waals surface area (Å²) >= 11 is 0. The zero-order valence-electron chi connectivity index (χ0n) is 11.0. The summed E-state index contributed by atoms with van der Waals surface area (Å²) in [6.45, 7) is 0. The minimum Gasteiger partial charge on any atom is -0.497 e. The molecule has 0 fully saturated rings. The first-order valence-electron chi connectivity index (χ1n) is 5.58. The van der Waals surface area contributed by atoms with Gasteiger partial charge in [0.2, 0.25) is 0 Å². The Morgan fingerprint density at radius 2 is 1.55 bits per heavy atom. The summed E-state index contributed by atoms with van der Waals surface area (Å²) in [5.41, 5.74) is -3.35. The number of hydrogen-bond acceptors (Lipinski definition) is 4. The largest absolute Gasteiger partial charge is 0.497 e. The Hall–Kier alpha value is -2.81. The predicted molar refractivity (Wildman–Crippen MR) is 65.9 cm³/mol. The van der Waals surface area contributed by atoms with Gasteiger partial charge >= 0.3 is 12.1 Å². The molecule has 0 unspecified atom stereocenters. The van der Waals surface area contributed by atoms with Gasteiger partial charge in [0.15, 0.2) is 5.57 Å². The summed E-state index contributed by atoms with van der Waals surface area (Å²) in [4.78, 5) is 0. The molecule has 4 nitrogen and oxygen atoms in total. The molecule has 0 atom stereocenters. The number of benzene rings is 1. The molecule has 116 valence electrons. The molecule has 0 aliphatic rings. The fourth-order valence-electron chi connectivity index (χ4n) is 1.40. The minimum absolute atomic E-state index is 0.164. The van der Waals surface area contributed by atoms with Gasteiger partial charge in [0, 0.05) is 5.69 Å². The van der Waals surface area contributed by atoms with Gasteiger partial charge in [-0.1, -0.05) is 0 Å². The zero-order chi connectivity index (χ0) is 17.0. The van der Waals surface area contributed by atoms with Gasteiger partial charge in [0.25, 0.3) is 0 Å². The van der Waals surface area contributed by atoms with Crippen LogP contribution in [0.5, 0.6) is 5.75 Å². The Morgan fingerprint density at radius 1 is 1.05 bits per heavy atom. The number of ether oxygens (including phenoxy) is 1. The molecule has 0 aliphatic heterocycles. The van der Waals surface area contributed by atoms with Crippen LogP contribution in [0, 0.1) is 22.7 Å². The third kappa shape index (κ3) is 3.44. The monoisotopic (exact) mass is 317 g/mol. The standard InChI is InChI=1S/C13H8F5N3O/c1-22-10-4-2-9(3-5-10)21-11(8(6-19)7-20)12(14,15)13(16,17)18/h2-5,21H,1H3. The average Bonchev–Trinajstić information content (AvgIpc) is 2.46. The van der Waals surface area contributed by atoms with Crippen molar-refractivity contribution in [3.05, 3.63) is 35.5 Å². The fraction of sp³-hybridized carbons (Fsp3) is 0.231. The number of nitrogens with zero attached hydrogens (tertiary/aromatic N) is 2. The van der Waals surface area contributed by atoms with Crippen LogP contribution < -0.4 is 10.1 Å². The highest BCUT2D eigenvalue weighted by atomic mass is 19.4. The van der Waals surface area contributed by atoms with Crippen LogP contribution in [0.4, 0.5) is 27.6 Å². The number of nitriles is 2. The van der Waals surface area contributed by atoms with Gasteiger partial charge in [0.05, 0.1) is 7.11 Å². The predicted octanol–water partition coefficient (Wildman–Crippen LogP) is 3.61. The molecule has 0 aromatic heterocycles. The highest BCUT2D eigenvalue weighted by molar-refractivity contribution is 5.57. The van der Waals surface area contributed by atoms with Crippen LogP contribution in [0.3, 0.4) is 0 Å². The summed E-state index contributed by atoms with van der Waals surface area (Å²) in [5, 5.41) is 19.0. The number of rotatable bonds is 4. The maximum atomic E-state index is 13.5.